The minimum atomic E-state index is -4.05. The molecule has 0 spiro atoms. The smallest absolute Gasteiger partial charge is 0.266 e. The van der Waals surface area contributed by atoms with Crippen LogP contribution in [0, 0.1) is 5.82 Å². The summed E-state index contributed by atoms with van der Waals surface area (Å²) in [7, 11) is -4.05. The molecule has 2 aromatic rings. The normalized spacial score (nSPS) is 11.1. The van der Waals surface area contributed by atoms with Gasteiger partial charge in [0.1, 0.15) is 5.82 Å². The van der Waals surface area contributed by atoms with E-state index in [4.69, 9.17) is 0 Å². The lowest BCUT2D eigenvalue weighted by Crippen LogP contribution is -2.30. The second-order valence-electron chi connectivity index (χ2n) is 3.78. The molecule has 1 aromatic heterocycles. The molecular weight excluding hydrogens is 351 g/mol. The van der Waals surface area contributed by atoms with Crippen LogP contribution in [-0.2, 0) is 10.0 Å². The zero-order valence-corrected chi connectivity index (χ0v) is 12.3. The van der Waals surface area contributed by atoms with E-state index >= 15 is 0 Å². The van der Waals surface area contributed by atoms with Gasteiger partial charge in [0.15, 0.2) is 0 Å². The van der Waals surface area contributed by atoms with Gasteiger partial charge in [-0.25, -0.2) is 17.5 Å². The molecule has 1 N–H and O–H groups in total. The summed E-state index contributed by atoms with van der Waals surface area (Å²) < 4.78 is 39.0. The van der Waals surface area contributed by atoms with E-state index in [1.165, 1.54) is 18.5 Å². The predicted octanol–water partition coefficient (Wildman–Crippen LogP) is 2.10. The number of benzene rings is 1. The van der Waals surface area contributed by atoms with E-state index in [1.54, 1.807) is 0 Å². The molecule has 104 valence electrons. The quantitative estimate of drug-likeness (QED) is 0.911. The molecule has 1 aromatic carbocycles. The third-order valence-electron chi connectivity index (χ3n) is 2.32. The highest BCUT2D eigenvalue weighted by Crippen LogP contribution is 2.12. The number of amides is 1. The molecule has 0 bridgehead atoms. The highest BCUT2D eigenvalue weighted by molar-refractivity contribution is 9.10. The lowest BCUT2D eigenvalue weighted by molar-refractivity contribution is 0.0981. The van der Waals surface area contributed by atoms with Crippen LogP contribution in [0.2, 0.25) is 0 Å². The zero-order chi connectivity index (χ0) is 14.8. The first kappa shape index (κ1) is 14.6. The van der Waals surface area contributed by atoms with Crippen LogP contribution in [0.4, 0.5) is 4.39 Å². The van der Waals surface area contributed by atoms with E-state index < -0.39 is 21.7 Å². The third-order valence-corrected chi connectivity index (χ3v) is 4.10. The summed E-state index contributed by atoms with van der Waals surface area (Å²) in [6.45, 7) is 0. The zero-order valence-electron chi connectivity index (χ0n) is 9.88. The van der Waals surface area contributed by atoms with Gasteiger partial charge in [-0.05, 0) is 46.3 Å². The molecule has 0 saturated heterocycles. The van der Waals surface area contributed by atoms with Gasteiger partial charge < -0.3 is 0 Å². The monoisotopic (exact) mass is 358 g/mol. The van der Waals surface area contributed by atoms with Crippen LogP contribution in [0.3, 0.4) is 0 Å². The van der Waals surface area contributed by atoms with Crippen molar-refractivity contribution in [3.63, 3.8) is 0 Å². The topological polar surface area (TPSA) is 76.1 Å². The summed E-state index contributed by atoms with van der Waals surface area (Å²) in [5.41, 5.74) is 0.0880. The predicted molar refractivity (Wildman–Crippen MR) is 73.0 cm³/mol. The molecule has 2 rings (SSSR count). The summed E-state index contributed by atoms with van der Waals surface area (Å²) in [5, 5.41) is 0. The summed E-state index contributed by atoms with van der Waals surface area (Å²) >= 11 is 3.13. The number of rotatable bonds is 3. The molecule has 20 heavy (non-hydrogen) atoms. The van der Waals surface area contributed by atoms with Crippen LogP contribution in [0.15, 0.2) is 52.1 Å². The van der Waals surface area contributed by atoms with Crippen molar-refractivity contribution in [2.45, 2.75) is 4.90 Å². The highest BCUT2D eigenvalue weighted by atomic mass is 79.9. The van der Waals surface area contributed by atoms with E-state index in [0.29, 0.717) is 4.47 Å². The van der Waals surface area contributed by atoms with Gasteiger partial charge in [0.05, 0.1) is 10.5 Å². The van der Waals surface area contributed by atoms with Crippen LogP contribution in [0.5, 0.6) is 0 Å². The van der Waals surface area contributed by atoms with Gasteiger partial charge in [-0.1, -0.05) is 0 Å². The number of hydrogen-bond acceptors (Lipinski definition) is 4. The molecule has 8 heteroatoms. The second kappa shape index (κ2) is 5.68. The van der Waals surface area contributed by atoms with Crippen molar-refractivity contribution >= 4 is 31.9 Å². The lowest BCUT2D eigenvalue weighted by atomic mass is 10.3. The first-order chi connectivity index (χ1) is 9.38. The maximum Gasteiger partial charge on any atom is 0.266 e. The maximum atomic E-state index is 12.8. The molecule has 5 nitrogen and oxygen atoms in total. The fourth-order valence-corrected chi connectivity index (χ4v) is 2.73. The van der Waals surface area contributed by atoms with Crippen LogP contribution < -0.4 is 4.72 Å². The first-order valence-corrected chi connectivity index (χ1v) is 7.59. The summed E-state index contributed by atoms with van der Waals surface area (Å²) in [4.78, 5) is 15.4. The second-order valence-corrected chi connectivity index (χ2v) is 6.38. The van der Waals surface area contributed by atoms with Gasteiger partial charge in [0.25, 0.3) is 15.9 Å². The summed E-state index contributed by atoms with van der Waals surface area (Å²) in [6, 6.07) is 5.58. The Hall–Kier alpha value is -1.80. The highest BCUT2D eigenvalue weighted by Gasteiger charge is 2.19. The molecule has 1 amide bonds. The molecule has 0 saturated carbocycles. The maximum absolute atomic E-state index is 12.8. The fraction of sp³-hybridized carbons (Fsp3) is 0. The molecule has 0 aliphatic rings. The minimum Gasteiger partial charge on any atom is -0.268 e. The SMILES string of the molecule is O=C(NS(=O)(=O)c1ccc(F)cc1)c1cncc(Br)c1. The van der Waals surface area contributed by atoms with Crippen molar-refractivity contribution in [3.05, 3.63) is 58.6 Å². The molecule has 0 atom stereocenters. The Kier molecular flexibility index (Phi) is 4.15. The van der Waals surface area contributed by atoms with Gasteiger partial charge in [-0.15, -0.1) is 0 Å². The molecule has 1 heterocycles. The Balaban J connectivity index is 2.24. The standard InChI is InChI=1S/C12H8BrFN2O3S/c13-9-5-8(6-15-7-9)12(17)16-20(18,19)11-3-1-10(14)2-4-11/h1-7H,(H,16,17). The number of carbonyl (C=O) groups excluding carboxylic acids is 1. The Morgan fingerprint density at radius 2 is 1.85 bits per heavy atom. The lowest BCUT2D eigenvalue weighted by Gasteiger charge is -2.06. The minimum absolute atomic E-state index is 0.0880. The van der Waals surface area contributed by atoms with Gasteiger partial charge in [-0.2, -0.15) is 0 Å². The summed E-state index contributed by atoms with van der Waals surface area (Å²) in [5.74, 6) is -1.38. The largest absolute Gasteiger partial charge is 0.268 e. The van der Waals surface area contributed by atoms with Gasteiger partial charge in [-0.3, -0.25) is 9.78 Å². The number of nitrogens with one attached hydrogen (secondary N) is 1. The Morgan fingerprint density at radius 3 is 2.45 bits per heavy atom. The van der Waals surface area contributed by atoms with E-state index in [2.05, 4.69) is 20.9 Å². The van der Waals surface area contributed by atoms with Crippen molar-refractivity contribution in [2.24, 2.45) is 0 Å². The van der Waals surface area contributed by atoms with Gasteiger partial charge in [0.2, 0.25) is 0 Å². The molecule has 0 unspecified atom stereocenters. The van der Waals surface area contributed by atoms with Gasteiger partial charge >= 0.3 is 0 Å². The molecule has 0 aliphatic carbocycles. The van der Waals surface area contributed by atoms with Crippen LogP contribution >= 0.6 is 15.9 Å². The molecular formula is C12H8BrFN2O3S. The molecule has 0 radical (unpaired) electrons. The number of carbonyl (C=O) groups is 1. The van der Waals surface area contributed by atoms with Crippen molar-refractivity contribution in [1.29, 1.82) is 0 Å². The van der Waals surface area contributed by atoms with E-state index in [0.717, 1.165) is 24.3 Å². The van der Waals surface area contributed by atoms with E-state index in [-0.39, 0.29) is 10.5 Å². The Morgan fingerprint density at radius 1 is 1.20 bits per heavy atom. The first-order valence-electron chi connectivity index (χ1n) is 5.32. The van der Waals surface area contributed by atoms with Crippen molar-refractivity contribution in [3.8, 4) is 0 Å². The van der Waals surface area contributed by atoms with E-state index in [9.17, 15) is 17.6 Å². The number of hydrogen-bond donors (Lipinski definition) is 1. The van der Waals surface area contributed by atoms with Crippen LogP contribution in [0.25, 0.3) is 0 Å². The number of halogens is 2. The number of pyridine rings is 1. The molecule has 0 aliphatic heterocycles. The average molecular weight is 359 g/mol. The fourth-order valence-electron chi connectivity index (χ4n) is 1.39. The third kappa shape index (κ3) is 3.40. The molecule has 0 fully saturated rings. The summed E-state index contributed by atoms with van der Waals surface area (Å²) in [6.07, 6.45) is 2.70. The van der Waals surface area contributed by atoms with Crippen LogP contribution in [0.1, 0.15) is 10.4 Å². The number of aromatic nitrogens is 1. The number of nitrogens with zero attached hydrogens (tertiary/aromatic N) is 1. The van der Waals surface area contributed by atoms with Crippen molar-refractivity contribution in [2.75, 3.05) is 0 Å². The van der Waals surface area contributed by atoms with E-state index in [1.807, 2.05) is 4.72 Å². The average Bonchev–Trinajstić information content (AvgIpc) is 2.38. The van der Waals surface area contributed by atoms with Crippen molar-refractivity contribution in [1.82, 2.24) is 9.71 Å². The van der Waals surface area contributed by atoms with Gasteiger partial charge in [0, 0.05) is 16.9 Å². The Labute approximate surface area is 123 Å². The number of sulfonamides is 1. The Bertz CT molecular complexity index is 748. The van der Waals surface area contributed by atoms with Crippen molar-refractivity contribution < 1.29 is 17.6 Å². The van der Waals surface area contributed by atoms with Crippen LogP contribution in [-0.4, -0.2) is 19.3 Å².